The van der Waals surface area contributed by atoms with Gasteiger partial charge in [0, 0.05) is 25.6 Å². The van der Waals surface area contributed by atoms with Crippen LogP contribution in [-0.2, 0) is 32.2 Å². The van der Waals surface area contributed by atoms with Crippen LogP contribution in [0, 0.1) is 11.3 Å². The molecule has 1 amide bonds. The van der Waals surface area contributed by atoms with Crippen LogP contribution in [0.25, 0.3) is 10.9 Å². The van der Waals surface area contributed by atoms with Crippen molar-refractivity contribution in [1.82, 2.24) is 10.0 Å². The Morgan fingerprint density at radius 3 is 2.51 bits per heavy atom. The van der Waals surface area contributed by atoms with Gasteiger partial charge >= 0.3 is 5.97 Å². The number of benzene rings is 2. The van der Waals surface area contributed by atoms with E-state index in [0.29, 0.717) is 36.9 Å². The van der Waals surface area contributed by atoms with Crippen molar-refractivity contribution in [1.29, 1.82) is 0 Å². The molecule has 7 nitrogen and oxygen atoms in total. The summed E-state index contributed by atoms with van der Waals surface area (Å²) in [6.45, 7) is 9.70. The maximum atomic E-state index is 13.3. The molecule has 2 atom stereocenters. The molecule has 39 heavy (non-hydrogen) atoms. The van der Waals surface area contributed by atoms with Gasteiger partial charge in [-0.05, 0) is 55.6 Å². The summed E-state index contributed by atoms with van der Waals surface area (Å²) < 4.78 is 11.5. The van der Waals surface area contributed by atoms with E-state index in [-0.39, 0.29) is 18.5 Å². The molecule has 1 aliphatic carbocycles. The third-order valence-electron chi connectivity index (χ3n) is 7.19. The van der Waals surface area contributed by atoms with Gasteiger partial charge in [-0.25, -0.2) is 10.0 Å². The summed E-state index contributed by atoms with van der Waals surface area (Å²) >= 11 is 6.20. The normalized spacial score (nSPS) is 18.6. The first kappa shape index (κ1) is 29.0. The molecular formula is C30H37ClN2O5Si. The van der Waals surface area contributed by atoms with E-state index in [4.69, 9.17) is 25.9 Å². The van der Waals surface area contributed by atoms with Crippen LogP contribution >= 0.6 is 11.6 Å². The van der Waals surface area contributed by atoms with E-state index in [9.17, 15) is 9.59 Å². The van der Waals surface area contributed by atoms with Crippen LogP contribution in [0.15, 0.2) is 54.6 Å². The zero-order valence-electron chi connectivity index (χ0n) is 23.3. The number of amides is 1. The summed E-state index contributed by atoms with van der Waals surface area (Å²) in [6.07, 6.45) is 0.865. The number of pyridine rings is 1. The van der Waals surface area contributed by atoms with Gasteiger partial charge in [-0.1, -0.05) is 61.6 Å². The minimum Gasteiger partial charge on any atom is -0.489 e. The molecule has 0 saturated heterocycles. The standard InChI is InChI=1S/C30H37ClN2O5Si/c1-6-37-29(35)30(19-25(30)28(34)33(36-2)15-16-39(3,4)5)18-21-11-13-23(14-12-21)38-20-22-17-27(31)32-26-10-8-7-9-24(22)26/h7-14,17,25H,6,15-16,18-20H2,1-5H3/t25?,30-/m0/s1. The number of fused-ring (bicyclic) bond motifs is 1. The number of aromatic nitrogens is 1. The summed E-state index contributed by atoms with van der Waals surface area (Å²) in [4.78, 5) is 36.2. The summed E-state index contributed by atoms with van der Waals surface area (Å²) in [6, 6.07) is 18.2. The van der Waals surface area contributed by atoms with E-state index >= 15 is 0 Å². The second kappa shape index (κ2) is 12.1. The molecule has 1 saturated carbocycles. The van der Waals surface area contributed by atoms with E-state index < -0.39 is 19.4 Å². The molecule has 0 spiro atoms. The lowest BCUT2D eigenvalue weighted by Gasteiger charge is -2.25. The fourth-order valence-corrected chi connectivity index (χ4v) is 5.96. The van der Waals surface area contributed by atoms with Crippen LogP contribution in [0.5, 0.6) is 5.75 Å². The molecule has 1 aromatic heterocycles. The minimum absolute atomic E-state index is 0.146. The van der Waals surface area contributed by atoms with E-state index in [0.717, 1.165) is 28.1 Å². The van der Waals surface area contributed by atoms with Gasteiger partial charge in [0.2, 0.25) is 5.91 Å². The van der Waals surface area contributed by atoms with E-state index in [2.05, 4.69) is 24.6 Å². The topological polar surface area (TPSA) is 78.0 Å². The molecular weight excluding hydrogens is 532 g/mol. The van der Waals surface area contributed by atoms with Crippen molar-refractivity contribution < 1.29 is 23.9 Å². The highest BCUT2D eigenvalue weighted by atomic mass is 35.5. The molecule has 4 rings (SSSR count). The first-order valence-corrected chi connectivity index (χ1v) is 17.4. The Labute approximate surface area is 236 Å². The van der Waals surface area contributed by atoms with Gasteiger partial charge in [-0.2, -0.15) is 0 Å². The van der Waals surface area contributed by atoms with Crippen LogP contribution in [0.2, 0.25) is 30.8 Å². The number of para-hydroxylation sites is 1. The number of halogens is 1. The van der Waals surface area contributed by atoms with Crippen molar-refractivity contribution in [3.63, 3.8) is 0 Å². The molecule has 0 radical (unpaired) electrons. The van der Waals surface area contributed by atoms with Crippen LogP contribution in [0.3, 0.4) is 0 Å². The molecule has 1 fully saturated rings. The third kappa shape index (κ3) is 6.98. The highest BCUT2D eigenvalue weighted by molar-refractivity contribution is 6.76. The molecule has 2 aromatic carbocycles. The average Bonchev–Trinajstić information content (AvgIpc) is 3.63. The number of ether oxygens (including phenoxy) is 2. The monoisotopic (exact) mass is 568 g/mol. The number of esters is 1. The zero-order valence-corrected chi connectivity index (χ0v) is 25.1. The number of carbonyl (C=O) groups is 2. The van der Waals surface area contributed by atoms with Gasteiger partial charge in [0.15, 0.2) is 0 Å². The SMILES string of the molecule is CCOC(=O)[C@@]1(Cc2ccc(OCc3cc(Cl)nc4ccccc34)cc2)CC1C(=O)N(CC[Si](C)(C)C)OC. The molecule has 0 aliphatic heterocycles. The third-order valence-corrected chi connectivity index (χ3v) is 9.11. The predicted molar refractivity (Wildman–Crippen MR) is 155 cm³/mol. The van der Waals surface area contributed by atoms with Crippen LogP contribution < -0.4 is 4.74 Å². The zero-order chi connectivity index (χ0) is 28.2. The van der Waals surface area contributed by atoms with Gasteiger partial charge in [0.05, 0.1) is 30.6 Å². The Morgan fingerprint density at radius 1 is 1.13 bits per heavy atom. The van der Waals surface area contributed by atoms with Crippen LogP contribution in [-0.4, -0.2) is 50.3 Å². The Hall–Kier alpha value is -2.94. The second-order valence-electron chi connectivity index (χ2n) is 11.3. The smallest absolute Gasteiger partial charge is 0.313 e. The number of hydrogen-bond acceptors (Lipinski definition) is 6. The van der Waals surface area contributed by atoms with Crippen molar-refractivity contribution >= 4 is 42.5 Å². The Balaban J connectivity index is 1.44. The van der Waals surface area contributed by atoms with Gasteiger partial charge in [0.25, 0.3) is 0 Å². The highest BCUT2D eigenvalue weighted by Crippen LogP contribution is 2.56. The van der Waals surface area contributed by atoms with Gasteiger partial charge in [0.1, 0.15) is 17.5 Å². The number of nitrogens with zero attached hydrogens (tertiary/aromatic N) is 2. The predicted octanol–water partition coefficient (Wildman–Crippen LogP) is 6.31. The minimum atomic E-state index is -1.37. The number of carbonyl (C=O) groups excluding carboxylic acids is 2. The number of hydroxylamine groups is 2. The maximum absolute atomic E-state index is 13.3. The summed E-state index contributed by atoms with van der Waals surface area (Å²) in [5.41, 5.74) is 1.84. The van der Waals surface area contributed by atoms with E-state index in [1.165, 1.54) is 12.2 Å². The Kier molecular flexibility index (Phi) is 8.99. The number of hydrogen-bond donors (Lipinski definition) is 0. The van der Waals surface area contributed by atoms with E-state index in [1.807, 2.05) is 54.6 Å². The largest absolute Gasteiger partial charge is 0.489 e. The van der Waals surface area contributed by atoms with Crippen LogP contribution in [0.1, 0.15) is 24.5 Å². The first-order chi connectivity index (χ1) is 18.6. The summed E-state index contributed by atoms with van der Waals surface area (Å²) in [5, 5.41) is 2.85. The van der Waals surface area contributed by atoms with Crippen molar-refractivity contribution in [3.05, 3.63) is 70.9 Å². The van der Waals surface area contributed by atoms with Gasteiger partial charge in [-0.15, -0.1) is 0 Å². The first-order valence-electron chi connectivity index (χ1n) is 13.3. The molecule has 0 bridgehead atoms. The molecule has 1 aliphatic rings. The van der Waals surface area contributed by atoms with E-state index in [1.54, 1.807) is 6.92 Å². The highest BCUT2D eigenvalue weighted by Gasteiger charge is 2.65. The van der Waals surface area contributed by atoms with Gasteiger partial charge in [-0.3, -0.25) is 14.4 Å². The Morgan fingerprint density at radius 2 is 1.85 bits per heavy atom. The van der Waals surface area contributed by atoms with Crippen molar-refractivity contribution in [3.8, 4) is 5.75 Å². The second-order valence-corrected chi connectivity index (χ2v) is 17.3. The van der Waals surface area contributed by atoms with Gasteiger partial charge < -0.3 is 9.47 Å². The molecule has 9 heteroatoms. The lowest BCUT2D eigenvalue weighted by atomic mass is 9.93. The lowest BCUT2D eigenvalue weighted by Crippen LogP contribution is -2.38. The van der Waals surface area contributed by atoms with Crippen LogP contribution in [0.4, 0.5) is 0 Å². The molecule has 3 aromatic rings. The maximum Gasteiger partial charge on any atom is 0.313 e. The number of rotatable bonds is 12. The fraction of sp³-hybridized carbons (Fsp3) is 0.433. The average molecular weight is 569 g/mol. The lowest BCUT2D eigenvalue weighted by molar-refractivity contribution is -0.178. The van der Waals surface area contributed by atoms with Crippen molar-refractivity contribution in [2.75, 3.05) is 20.3 Å². The summed E-state index contributed by atoms with van der Waals surface area (Å²) in [5.74, 6) is -0.238. The summed E-state index contributed by atoms with van der Waals surface area (Å²) in [7, 11) is 0.147. The fourth-order valence-electron chi connectivity index (χ4n) is 4.86. The molecule has 208 valence electrons. The molecule has 0 N–H and O–H groups in total. The van der Waals surface area contributed by atoms with Crippen molar-refractivity contribution in [2.45, 2.75) is 52.1 Å². The molecule has 1 unspecified atom stereocenters. The quantitative estimate of drug-likeness (QED) is 0.110. The Bertz CT molecular complexity index is 1330. The molecule has 1 heterocycles. The van der Waals surface area contributed by atoms with Crippen molar-refractivity contribution in [2.24, 2.45) is 11.3 Å².